The van der Waals surface area contributed by atoms with Crippen LogP contribution < -0.4 is 10.9 Å². The minimum absolute atomic E-state index is 0.0678. The maximum Gasteiger partial charge on any atom is 0.261 e. The SMILES string of the molecule is O=C(Cn1cnc2ccccc2c1=O)Nc1ccccc1I. The Balaban J connectivity index is 1.84. The lowest BCUT2D eigenvalue weighted by atomic mass is 10.2. The maximum absolute atomic E-state index is 12.3. The normalized spacial score (nSPS) is 10.6. The van der Waals surface area contributed by atoms with Crippen molar-refractivity contribution < 1.29 is 4.79 Å². The number of amides is 1. The van der Waals surface area contributed by atoms with Gasteiger partial charge < -0.3 is 5.32 Å². The monoisotopic (exact) mass is 405 g/mol. The summed E-state index contributed by atoms with van der Waals surface area (Å²) in [6.45, 7) is -0.0678. The fourth-order valence-corrected chi connectivity index (χ4v) is 2.65. The van der Waals surface area contributed by atoms with Crippen LogP contribution in [0.4, 0.5) is 5.69 Å². The number of benzene rings is 2. The number of nitrogens with zero attached hydrogens (tertiary/aromatic N) is 2. The van der Waals surface area contributed by atoms with Crippen molar-refractivity contribution in [1.82, 2.24) is 9.55 Å². The fourth-order valence-electron chi connectivity index (χ4n) is 2.13. The second kappa shape index (κ2) is 6.27. The molecule has 0 aliphatic heterocycles. The zero-order valence-corrected chi connectivity index (χ0v) is 13.6. The molecule has 0 atom stereocenters. The maximum atomic E-state index is 12.3. The first-order valence-electron chi connectivity index (χ1n) is 6.64. The van der Waals surface area contributed by atoms with E-state index in [1.54, 1.807) is 18.2 Å². The van der Waals surface area contributed by atoms with Crippen molar-refractivity contribution in [3.63, 3.8) is 0 Å². The number of hydrogen-bond acceptors (Lipinski definition) is 3. The van der Waals surface area contributed by atoms with Gasteiger partial charge in [0.05, 0.1) is 22.9 Å². The van der Waals surface area contributed by atoms with Crippen LogP contribution in [0.15, 0.2) is 59.7 Å². The van der Waals surface area contributed by atoms with Gasteiger partial charge >= 0.3 is 0 Å². The number of para-hydroxylation sites is 2. The van der Waals surface area contributed by atoms with E-state index in [1.165, 1.54) is 10.9 Å². The molecule has 3 rings (SSSR count). The van der Waals surface area contributed by atoms with Gasteiger partial charge in [-0.25, -0.2) is 4.98 Å². The van der Waals surface area contributed by atoms with Crippen LogP contribution in [0.25, 0.3) is 10.9 Å². The molecule has 1 heterocycles. The third-order valence-electron chi connectivity index (χ3n) is 3.19. The summed E-state index contributed by atoms with van der Waals surface area (Å²) in [4.78, 5) is 28.6. The third kappa shape index (κ3) is 3.01. The third-order valence-corrected chi connectivity index (χ3v) is 4.13. The zero-order chi connectivity index (χ0) is 15.5. The van der Waals surface area contributed by atoms with Crippen LogP contribution in [-0.4, -0.2) is 15.5 Å². The zero-order valence-electron chi connectivity index (χ0n) is 11.5. The molecule has 0 saturated carbocycles. The molecule has 0 aliphatic rings. The van der Waals surface area contributed by atoms with Crippen LogP contribution in [-0.2, 0) is 11.3 Å². The first-order valence-corrected chi connectivity index (χ1v) is 7.71. The van der Waals surface area contributed by atoms with E-state index >= 15 is 0 Å². The van der Waals surface area contributed by atoms with E-state index < -0.39 is 0 Å². The van der Waals surface area contributed by atoms with E-state index in [2.05, 4.69) is 32.9 Å². The predicted octanol–water partition coefficient (Wildman–Crippen LogP) is 2.64. The molecule has 0 aliphatic carbocycles. The first-order chi connectivity index (χ1) is 10.6. The van der Waals surface area contributed by atoms with Gasteiger partial charge in [-0.1, -0.05) is 24.3 Å². The quantitative estimate of drug-likeness (QED) is 0.682. The topological polar surface area (TPSA) is 64.0 Å². The minimum atomic E-state index is -0.261. The number of hydrogen-bond donors (Lipinski definition) is 1. The molecule has 0 unspecified atom stereocenters. The first kappa shape index (κ1) is 14.7. The van der Waals surface area contributed by atoms with Crippen LogP contribution in [0.1, 0.15) is 0 Å². The van der Waals surface area contributed by atoms with E-state index in [-0.39, 0.29) is 18.0 Å². The Morgan fingerprint density at radius 1 is 1.14 bits per heavy atom. The van der Waals surface area contributed by atoms with Gasteiger partial charge in [0.1, 0.15) is 6.54 Å². The highest BCUT2D eigenvalue weighted by Gasteiger charge is 2.09. The molecular weight excluding hydrogens is 393 g/mol. The number of rotatable bonds is 3. The largest absolute Gasteiger partial charge is 0.324 e. The molecule has 1 aromatic heterocycles. The van der Waals surface area contributed by atoms with Gasteiger partial charge in [0.15, 0.2) is 0 Å². The summed E-state index contributed by atoms with van der Waals surface area (Å²) in [6.07, 6.45) is 1.40. The molecule has 0 fully saturated rings. The van der Waals surface area contributed by atoms with Crippen molar-refractivity contribution in [1.29, 1.82) is 0 Å². The van der Waals surface area contributed by atoms with Crippen LogP contribution in [0.3, 0.4) is 0 Å². The van der Waals surface area contributed by atoms with E-state index in [4.69, 9.17) is 0 Å². The minimum Gasteiger partial charge on any atom is -0.324 e. The van der Waals surface area contributed by atoms with E-state index in [0.29, 0.717) is 10.9 Å². The van der Waals surface area contributed by atoms with Crippen LogP contribution >= 0.6 is 22.6 Å². The molecular formula is C16H12IN3O2. The molecule has 0 saturated heterocycles. The molecule has 1 amide bonds. The number of halogens is 1. The van der Waals surface area contributed by atoms with Crippen molar-refractivity contribution in [2.75, 3.05) is 5.32 Å². The summed E-state index contributed by atoms with van der Waals surface area (Å²) >= 11 is 2.15. The van der Waals surface area contributed by atoms with Gasteiger partial charge in [-0.3, -0.25) is 14.2 Å². The Labute approximate surface area is 140 Å². The molecule has 6 heteroatoms. The highest BCUT2D eigenvalue weighted by molar-refractivity contribution is 14.1. The molecule has 110 valence electrons. The molecule has 22 heavy (non-hydrogen) atoms. The number of fused-ring (bicyclic) bond motifs is 1. The second-order valence-electron chi connectivity index (χ2n) is 4.72. The number of carbonyl (C=O) groups is 1. The van der Waals surface area contributed by atoms with Crippen molar-refractivity contribution in [3.8, 4) is 0 Å². The van der Waals surface area contributed by atoms with Gasteiger partial charge in [0, 0.05) is 3.57 Å². The summed E-state index contributed by atoms with van der Waals surface area (Å²) < 4.78 is 2.26. The second-order valence-corrected chi connectivity index (χ2v) is 5.88. The van der Waals surface area contributed by atoms with Crippen molar-refractivity contribution >= 4 is 45.1 Å². The van der Waals surface area contributed by atoms with Gasteiger partial charge in [0.25, 0.3) is 5.56 Å². The Morgan fingerprint density at radius 3 is 2.68 bits per heavy atom. The van der Waals surface area contributed by atoms with Crippen LogP contribution in [0.2, 0.25) is 0 Å². The highest BCUT2D eigenvalue weighted by atomic mass is 127. The Hall–Kier alpha value is -2.22. The standard InChI is InChI=1S/C16H12IN3O2/c17-12-6-2-4-8-14(12)19-15(21)9-20-10-18-13-7-3-1-5-11(13)16(20)22/h1-8,10H,9H2,(H,19,21). The van der Waals surface area contributed by atoms with Crippen LogP contribution in [0, 0.1) is 3.57 Å². The average Bonchev–Trinajstić information content (AvgIpc) is 2.53. The van der Waals surface area contributed by atoms with E-state index in [0.717, 1.165) is 9.26 Å². The van der Waals surface area contributed by atoms with Crippen molar-refractivity contribution in [3.05, 3.63) is 68.8 Å². The van der Waals surface area contributed by atoms with E-state index in [9.17, 15) is 9.59 Å². The summed E-state index contributed by atoms with van der Waals surface area (Å²) in [7, 11) is 0. The smallest absolute Gasteiger partial charge is 0.261 e. The average molecular weight is 405 g/mol. The molecule has 1 N–H and O–H groups in total. The van der Waals surface area contributed by atoms with Crippen molar-refractivity contribution in [2.24, 2.45) is 0 Å². The summed E-state index contributed by atoms with van der Waals surface area (Å²) in [5.41, 5.74) is 1.14. The lowest BCUT2D eigenvalue weighted by Gasteiger charge is -2.09. The Bertz CT molecular complexity index is 905. The highest BCUT2D eigenvalue weighted by Crippen LogP contribution is 2.16. The summed E-state index contributed by atoms with van der Waals surface area (Å²) in [5.74, 6) is -0.261. The molecule has 3 aromatic rings. The molecule has 0 spiro atoms. The van der Waals surface area contributed by atoms with Crippen molar-refractivity contribution in [2.45, 2.75) is 6.54 Å². The van der Waals surface area contributed by atoms with Crippen LogP contribution in [0.5, 0.6) is 0 Å². The summed E-state index contributed by atoms with van der Waals surface area (Å²) in [5, 5.41) is 3.31. The predicted molar refractivity (Wildman–Crippen MR) is 93.8 cm³/mol. The lowest BCUT2D eigenvalue weighted by Crippen LogP contribution is -2.28. The molecule has 0 bridgehead atoms. The van der Waals surface area contributed by atoms with Gasteiger partial charge in [0.2, 0.25) is 5.91 Å². The van der Waals surface area contributed by atoms with E-state index in [1.807, 2.05) is 30.3 Å². The number of carbonyl (C=O) groups excluding carboxylic acids is 1. The van der Waals surface area contributed by atoms with Gasteiger partial charge in [-0.15, -0.1) is 0 Å². The van der Waals surface area contributed by atoms with Gasteiger partial charge in [-0.2, -0.15) is 0 Å². The fraction of sp³-hybridized carbons (Fsp3) is 0.0625. The Morgan fingerprint density at radius 2 is 1.86 bits per heavy atom. The number of aromatic nitrogens is 2. The number of anilines is 1. The summed E-state index contributed by atoms with van der Waals surface area (Å²) in [6, 6.07) is 14.6. The number of nitrogens with one attached hydrogen (secondary N) is 1. The molecule has 2 aromatic carbocycles. The molecule has 5 nitrogen and oxygen atoms in total. The lowest BCUT2D eigenvalue weighted by molar-refractivity contribution is -0.116. The Kier molecular flexibility index (Phi) is 4.19. The van der Waals surface area contributed by atoms with Gasteiger partial charge in [-0.05, 0) is 46.9 Å². The molecule has 0 radical (unpaired) electrons.